The summed E-state index contributed by atoms with van der Waals surface area (Å²) in [6.45, 7) is 18.6. The highest BCUT2D eigenvalue weighted by atomic mass is 16.5. The second-order valence-corrected chi connectivity index (χ2v) is 20.7. The molecule has 0 unspecified atom stereocenters. The highest BCUT2D eigenvalue weighted by Crippen LogP contribution is 2.75. The Morgan fingerprint density at radius 1 is 0.867 bits per heavy atom. The van der Waals surface area contributed by atoms with Gasteiger partial charge in [0, 0.05) is 25.1 Å². The van der Waals surface area contributed by atoms with Crippen LogP contribution in [0.3, 0.4) is 0 Å². The smallest absolute Gasteiger partial charge is 0.360 e. The minimum atomic E-state index is -0.784. The molecule has 2 heterocycles. The van der Waals surface area contributed by atoms with Gasteiger partial charge in [0.2, 0.25) is 5.91 Å². The number of fused-ring (bicyclic) bond motifs is 8. The van der Waals surface area contributed by atoms with Gasteiger partial charge in [-0.1, -0.05) is 81.8 Å². The summed E-state index contributed by atoms with van der Waals surface area (Å²) in [7, 11) is 0. The van der Waals surface area contributed by atoms with Crippen LogP contribution in [-0.2, 0) is 51.8 Å². The van der Waals surface area contributed by atoms with Crippen LogP contribution >= 0.6 is 0 Å². The molecule has 5 aliphatic carbocycles. The molecule has 0 radical (unpaired) electrons. The SMILES string of the molecule is CCOC(=O)c1noc2c1C[C@@]1(C)[C@@H](CC[C@]3(C)[C@@H]1CC=C1[C@@H]4CC(C)(C)CC[C@]4(C(=O)OCc4ccccc4)CC[C@]13C)[C@]2(C)COC(=O)CCC(=O)N1CCOCC1. The van der Waals surface area contributed by atoms with Gasteiger partial charge in [0.15, 0.2) is 5.69 Å². The number of hydrogen-bond acceptors (Lipinski definition) is 10. The van der Waals surface area contributed by atoms with Gasteiger partial charge in [-0.25, -0.2) is 4.79 Å². The molecular weight excluding hydrogens is 761 g/mol. The number of ether oxygens (including phenoxy) is 4. The zero-order chi connectivity index (χ0) is 42.7. The molecule has 0 bridgehead atoms. The average molecular weight is 827 g/mol. The minimum absolute atomic E-state index is 0.0164. The number of amides is 1. The molecule has 1 aliphatic heterocycles. The molecule has 4 fully saturated rings. The molecule has 2 aromatic rings. The number of allylic oxidation sites excluding steroid dienone is 2. The van der Waals surface area contributed by atoms with Crippen molar-refractivity contribution in [1.82, 2.24) is 10.1 Å². The quantitative estimate of drug-likeness (QED) is 0.130. The zero-order valence-electron chi connectivity index (χ0n) is 37.0. The Morgan fingerprint density at radius 2 is 1.60 bits per heavy atom. The van der Waals surface area contributed by atoms with E-state index in [2.05, 4.69) is 52.8 Å². The molecule has 11 heteroatoms. The number of nitrogens with zero attached hydrogens (tertiary/aromatic N) is 2. The molecule has 1 aromatic heterocycles. The molecule has 8 atom stereocenters. The van der Waals surface area contributed by atoms with E-state index >= 15 is 0 Å². The van der Waals surface area contributed by atoms with Gasteiger partial charge in [0.25, 0.3) is 0 Å². The number of carbonyl (C=O) groups is 4. The molecule has 0 spiro atoms. The number of aromatic nitrogens is 1. The molecule has 8 rings (SSSR count). The van der Waals surface area contributed by atoms with Crippen molar-refractivity contribution in [1.29, 1.82) is 0 Å². The molecule has 60 heavy (non-hydrogen) atoms. The standard InChI is InChI=1S/C49H66N2O9/c1-8-57-42(54)40-33-28-45(4)36(46(5,41(33)60-50-40)31-59-39(53)17-16-38(52)51-24-26-56-27-25-51)18-19-48(7)37(45)15-14-34-35-29-44(2,3)20-22-49(35,23-21-47(34,48)6)43(55)58-30-32-12-10-9-11-13-32/h9-14,35-37H,8,15-31H2,1-7H3/t35-,36+,37+,45-,46-,47+,48+,49-/m0/s1. The summed E-state index contributed by atoms with van der Waals surface area (Å²) in [5.74, 6) is -0.120. The fraction of sp³-hybridized carbons (Fsp3) is 0.694. The molecule has 0 N–H and O–H groups in total. The molecule has 11 nitrogen and oxygen atoms in total. The first-order valence-corrected chi connectivity index (χ1v) is 22.6. The van der Waals surface area contributed by atoms with Gasteiger partial charge in [0.1, 0.15) is 19.0 Å². The van der Waals surface area contributed by atoms with Crippen LogP contribution in [0.4, 0.5) is 0 Å². The largest absolute Gasteiger partial charge is 0.465 e. The Balaban J connectivity index is 1.11. The van der Waals surface area contributed by atoms with Crippen LogP contribution in [0.1, 0.15) is 140 Å². The Labute approximate surface area is 355 Å². The number of carbonyl (C=O) groups excluding carboxylic acids is 4. The van der Waals surface area contributed by atoms with Crippen LogP contribution in [0, 0.1) is 44.8 Å². The Bertz CT molecular complexity index is 2020. The molecule has 326 valence electrons. The van der Waals surface area contributed by atoms with E-state index in [1.54, 1.807) is 11.8 Å². The monoisotopic (exact) mass is 826 g/mol. The highest BCUT2D eigenvalue weighted by Gasteiger charge is 2.70. The first-order valence-electron chi connectivity index (χ1n) is 22.6. The van der Waals surface area contributed by atoms with Crippen molar-refractivity contribution >= 4 is 23.8 Å². The Kier molecular flexibility index (Phi) is 11.2. The second kappa shape index (κ2) is 15.7. The lowest BCUT2D eigenvalue weighted by atomic mass is 9.33. The maximum absolute atomic E-state index is 14.5. The number of morpholine rings is 1. The Morgan fingerprint density at radius 3 is 2.33 bits per heavy atom. The van der Waals surface area contributed by atoms with Crippen LogP contribution in [0.15, 0.2) is 46.5 Å². The van der Waals surface area contributed by atoms with Gasteiger partial charge in [0.05, 0.1) is 37.1 Å². The Hall–Kier alpha value is -3.99. The number of rotatable bonds is 10. The molecule has 6 aliphatic rings. The van der Waals surface area contributed by atoms with E-state index in [4.69, 9.17) is 23.5 Å². The minimum Gasteiger partial charge on any atom is -0.465 e. The number of esters is 3. The highest BCUT2D eigenvalue weighted by molar-refractivity contribution is 5.89. The van der Waals surface area contributed by atoms with E-state index in [9.17, 15) is 19.2 Å². The first kappa shape index (κ1) is 42.7. The molecule has 1 aromatic carbocycles. The van der Waals surface area contributed by atoms with E-state index < -0.39 is 22.8 Å². The van der Waals surface area contributed by atoms with Crippen molar-refractivity contribution in [2.75, 3.05) is 39.5 Å². The van der Waals surface area contributed by atoms with Gasteiger partial charge in [-0.15, -0.1) is 0 Å². The fourth-order valence-corrected chi connectivity index (χ4v) is 13.6. The fourth-order valence-electron chi connectivity index (χ4n) is 13.6. The lowest BCUT2D eigenvalue weighted by Crippen LogP contribution is -2.65. The van der Waals surface area contributed by atoms with Crippen LogP contribution in [0.5, 0.6) is 0 Å². The third-order valence-corrected chi connectivity index (χ3v) is 17.1. The van der Waals surface area contributed by atoms with E-state index in [-0.39, 0.29) is 89.6 Å². The summed E-state index contributed by atoms with van der Waals surface area (Å²) in [6, 6.07) is 9.98. The molecular formula is C49H66N2O9. The summed E-state index contributed by atoms with van der Waals surface area (Å²) >= 11 is 0. The maximum Gasteiger partial charge on any atom is 0.360 e. The molecule has 1 amide bonds. The summed E-state index contributed by atoms with van der Waals surface area (Å²) in [6.07, 6.45) is 10.3. The van der Waals surface area contributed by atoms with Gasteiger partial charge < -0.3 is 28.4 Å². The predicted octanol–water partition coefficient (Wildman–Crippen LogP) is 8.57. The van der Waals surface area contributed by atoms with E-state index in [0.717, 1.165) is 62.5 Å². The molecule has 1 saturated heterocycles. The van der Waals surface area contributed by atoms with Gasteiger partial charge in [-0.2, -0.15) is 0 Å². The van der Waals surface area contributed by atoms with Crippen molar-refractivity contribution in [2.45, 2.75) is 131 Å². The van der Waals surface area contributed by atoms with Crippen molar-refractivity contribution in [3.05, 3.63) is 64.6 Å². The lowest BCUT2D eigenvalue weighted by Gasteiger charge is -2.70. The topological polar surface area (TPSA) is 134 Å². The number of hydrogen-bond donors (Lipinski definition) is 0. The first-order chi connectivity index (χ1) is 28.5. The second-order valence-electron chi connectivity index (χ2n) is 20.7. The maximum atomic E-state index is 14.5. The van der Waals surface area contributed by atoms with Crippen LogP contribution < -0.4 is 0 Å². The predicted molar refractivity (Wildman–Crippen MR) is 223 cm³/mol. The summed E-state index contributed by atoms with van der Waals surface area (Å²) in [4.78, 5) is 56.0. The van der Waals surface area contributed by atoms with Crippen LogP contribution in [0.2, 0.25) is 0 Å². The van der Waals surface area contributed by atoms with Crippen molar-refractivity contribution in [3.63, 3.8) is 0 Å². The van der Waals surface area contributed by atoms with E-state index in [1.165, 1.54) is 5.57 Å². The third kappa shape index (κ3) is 6.93. The van der Waals surface area contributed by atoms with Crippen molar-refractivity contribution in [2.24, 2.45) is 44.8 Å². The number of benzene rings is 1. The van der Waals surface area contributed by atoms with Gasteiger partial charge in [-0.3, -0.25) is 14.4 Å². The van der Waals surface area contributed by atoms with E-state index in [0.29, 0.717) is 38.5 Å². The van der Waals surface area contributed by atoms with E-state index in [1.807, 2.05) is 30.3 Å². The van der Waals surface area contributed by atoms with Crippen molar-refractivity contribution < 1.29 is 42.6 Å². The lowest BCUT2D eigenvalue weighted by molar-refractivity contribution is -0.185. The normalized spacial score (nSPS) is 35.3. The van der Waals surface area contributed by atoms with Crippen molar-refractivity contribution in [3.8, 4) is 0 Å². The molecule has 3 saturated carbocycles. The van der Waals surface area contributed by atoms with Gasteiger partial charge >= 0.3 is 17.9 Å². The third-order valence-electron chi connectivity index (χ3n) is 17.1. The van der Waals surface area contributed by atoms with Crippen LogP contribution in [0.25, 0.3) is 0 Å². The summed E-state index contributed by atoms with van der Waals surface area (Å²) in [5, 5.41) is 4.35. The average Bonchev–Trinajstić information content (AvgIpc) is 3.66. The summed E-state index contributed by atoms with van der Waals surface area (Å²) in [5.41, 5.74) is 1.53. The van der Waals surface area contributed by atoms with Crippen LogP contribution in [-0.4, -0.2) is 73.4 Å². The zero-order valence-corrected chi connectivity index (χ0v) is 37.0. The van der Waals surface area contributed by atoms with Gasteiger partial charge in [-0.05, 0) is 117 Å². The summed E-state index contributed by atoms with van der Waals surface area (Å²) < 4.78 is 29.4.